The van der Waals surface area contributed by atoms with Crippen molar-refractivity contribution in [2.24, 2.45) is 0 Å². The average Bonchev–Trinajstić information content (AvgIpc) is 2.83. The smallest absolute Gasteiger partial charge is 0.0901 e. The SMILES string of the molecule is N#CC1CCCCCc2nnn(Cc3ccccc3)c21. The first-order valence-corrected chi connectivity index (χ1v) is 7.24. The molecule has 0 N–H and O–H groups in total. The molecule has 0 radical (unpaired) electrons. The first-order chi connectivity index (χ1) is 9.88. The van der Waals surface area contributed by atoms with Crippen LogP contribution in [0.15, 0.2) is 30.3 Å². The number of rotatable bonds is 2. The van der Waals surface area contributed by atoms with E-state index in [1.165, 1.54) is 12.0 Å². The molecule has 1 aromatic carbocycles. The van der Waals surface area contributed by atoms with Crippen molar-refractivity contribution < 1.29 is 0 Å². The quantitative estimate of drug-likeness (QED) is 0.839. The normalized spacial score (nSPS) is 18.6. The molecule has 4 nitrogen and oxygen atoms in total. The summed E-state index contributed by atoms with van der Waals surface area (Å²) in [5.74, 6) is -0.0657. The molecule has 3 rings (SSSR count). The van der Waals surface area contributed by atoms with Gasteiger partial charge in [0.15, 0.2) is 0 Å². The van der Waals surface area contributed by atoms with Crippen molar-refractivity contribution in [2.45, 2.75) is 44.6 Å². The van der Waals surface area contributed by atoms with Gasteiger partial charge < -0.3 is 0 Å². The molecule has 0 aliphatic heterocycles. The Morgan fingerprint density at radius 1 is 1.20 bits per heavy atom. The lowest BCUT2D eigenvalue weighted by Crippen LogP contribution is -2.12. The Morgan fingerprint density at radius 3 is 2.85 bits per heavy atom. The lowest BCUT2D eigenvalue weighted by atomic mass is 9.92. The van der Waals surface area contributed by atoms with E-state index in [4.69, 9.17) is 0 Å². The fourth-order valence-corrected chi connectivity index (χ4v) is 2.87. The van der Waals surface area contributed by atoms with Gasteiger partial charge >= 0.3 is 0 Å². The Morgan fingerprint density at radius 2 is 2.05 bits per heavy atom. The number of benzene rings is 1. The van der Waals surface area contributed by atoms with Gasteiger partial charge in [0.25, 0.3) is 0 Å². The Labute approximate surface area is 119 Å². The molecular weight excluding hydrogens is 248 g/mol. The van der Waals surface area contributed by atoms with Crippen molar-refractivity contribution in [3.8, 4) is 6.07 Å². The van der Waals surface area contributed by atoms with Crippen molar-refractivity contribution in [2.75, 3.05) is 0 Å². The molecule has 1 atom stereocenters. The molecule has 20 heavy (non-hydrogen) atoms. The van der Waals surface area contributed by atoms with Gasteiger partial charge in [0, 0.05) is 0 Å². The van der Waals surface area contributed by atoms with Gasteiger partial charge in [0.2, 0.25) is 0 Å². The third-order valence-electron chi connectivity index (χ3n) is 3.91. The molecule has 102 valence electrons. The van der Waals surface area contributed by atoms with Crippen LogP contribution in [0.25, 0.3) is 0 Å². The molecule has 4 heteroatoms. The molecule has 1 aliphatic rings. The summed E-state index contributed by atoms with van der Waals surface area (Å²) in [4.78, 5) is 0. The third kappa shape index (κ3) is 2.57. The van der Waals surface area contributed by atoms with Crippen molar-refractivity contribution in [3.05, 3.63) is 47.3 Å². The highest BCUT2D eigenvalue weighted by molar-refractivity contribution is 5.24. The minimum atomic E-state index is -0.0657. The third-order valence-corrected chi connectivity index (χ3v) is 3.91. The topological polar surface area (TPSA) is 54.5 Å². The van der Waals surface area contributed by atoms with Gasteiger partial charge in [0.1, 0.15) is 0 Å². The van der Waals surface area contributed by atoms with Gasteiger partial charge in [-0.25, -0.2) is 4.68 Å². The van der Waals surface area contributed by atoms with Crippen LogP contribution in [0, 0.1) is 11.3 Å². The lowest BCUT2D eigenvalue weighted by Gasteiger charge is -2.15. The van der Waals surface area contributed by atoms with E-state index in [1.807, 2.05) is 22.9 Å². The summed E-state index contributed by atoms with van der Waals surface area (Å²) in [7, 11) is 0. The van der Waals surface area contributed by atoms with Crippen LogP contribution in [-0.4, -0.2) is 15.0 Å². The zero-order chi connectivity index (χ0) is 13.8. The maximum atomic E-state index is 9.44. The summed E-state index contributed by atoms with van der Waals surface area (Å²) < 4.78 is 1.92. The minimum absolute atomic E-state index is 0.0657. The highest BCUT2D eigenvalue weighted by atomic mass is 15.4. The van der Waals surface area contributed by atoms with E-state index in [9.17, 15) is 5.26 Å². The van der Waals surface area contributed by atoms with Crippen molar-refractivity contribution in [3.63, 3.8) is 0 Å². The molecule has 0 fully saturated rings. The molecule has 0 saturated heterocycles. The monoisotopic (exact) mass is 266 g/mol. The molecule has 0 saturated carbocycles. The van der Waals surface area contributed by atoms with E-state index in [1.54, 1.807) is 0 Å². The van der Waals surface area contributed by atoms with Gasteiger partial charge in [-0.1, -0.05) is 48.4 Å². The van der Waals surface area contributed by atoms with E-state index in [-0.39, 0.29) is 5.92 Å². The van der Waals surface area contributed by atoms with Crippen molar-refractivity contribution in [1.82, 2.24) is 15.0 Å². The molecule has 0 bridgehead atoms. The molecular formula is C16H18N4. The molecule has 0 spiro atoms. The van der Waals surface area contributed by atoms with Crippen LogP contribution in [0.5, 0.6) is 0 Å². The number of aromatic nitrogens is 3. The molecule has 1 aliphatic carbocycles. The fourth-order valence-electron chi connectivity index (χ4n) is 2.87. The number of fused-ring (bicyclic) bond motifs is 1. The molecule has 1 heterocycles. The molecule has 1 unspecified atom stereocenters. The molecule has 2 aromatic rings. The van der Waals surface area contributed by atoms with E-state index < -0.39 is 0 Å². The standard InChI is InChI=1S/C16H18N4/c17-11-14-9-5-2-6-10-15-16(14)20(19-18-15)12-13-7-3-1-4-8-13/h1,3-4,7-8,14H,2,5-6,9-10,12H2. The second-order valence-electron chi connectivity index (χ2n) is 5.35. The fraction of sp³-hybridized carbons (Fsp3) is 0.438. The highest BCUT2D eigenvalue weighted by Gasteiger charge is 2.23. The average molecular weight is 266 g/mol. The summed E-state index contributed by atoms with van der Waals surface area (Å²) >= 11 is 0. The number of hydrogen-bond acceptors (Lipinski definition) is 3. The van der Waals surface area contributed by atoms with Gasteiger partial charge in [-0.05, 0) is 24.8 Å². The highest BCUT2D eigenvalue weighted by Crippen LogP contribution is 2.28. The zero-order valence-electron chi connectivity index (χ0n) is 11.5. The van der Waals surface area contributed by atoms with Crippen LogP contribution in [-0.2, 0) is 13.0 Å². The van der Waals surface area contributed by atoms with Gasteiger partial charge in [0.05, 0.1) is 29.9 Å². The zero-order valence-corrected chi connectivity index (χ0v) is 11.5. The second-order valence-corrected chi connectivity index (χ2v) is 5.35. The Bertz CT molecular complexity index is 609. The first-order valence-electron chi connectivity index (χ1n) is 7.24. The molecule has 1 aromatic heterocycles. The Hall–Kier alpha value is -2.15. The maximum absolute atomic E-state index is 9.44. The van der Waals surface area contributed by atoms with Crippen molar-refractivity contribution in [1.29, 1.82) is 5.26 Å². The molecule has 0 amide bonds. The van der Waals surface area contributed by atoms with E-state index >= 15 is 0 Å². The summed E-state index contributed by atoms with van der Waals surface area (Å²) in [6.45, 7) is 0.696. The number of aryl methyl sites for hydroxylation is 1. The number of nitrogens with zero attached hydrogens (tertiary/aromatic N) is 4. The maximum Gasteiger partial charge on any atom is 0.0901 e. The largest absolute Gasteiger partial charge is 0.243 e. The second kappa shape index (κ2) is 5.87. The minimum Gasteiger partial charge on any atom is -0.243 e. The van der Waals surface area contributed by atoms with Gasteiger partial charge in [-0.2, -0.15) is 5.26 Å². The van der Waals surface area contributed by atoms with Gasteiger partial charge in [-0.15, -0.1) is 5.10 Å². The van der Waals surface area contributed by atoms with Crippen LogP contribution < -0.4 is 0 Å². The van der Waals surface area contributed by atoms with E-state index in [0.29, 0.717) is 6.54 Å². The predicted molar refractivity (Wildman–Crippen MR) is 76.1 cm³/mol. The predicted octanol–water partition coefficient (Wildman–Crippen LogP) is 3.05. The number of hydrogen-bond donors (Lipinski definition) is 0. The first kappa shape index (κ1) is 12.9. The van der Waals surface area contributed by atoms with Crippen LogP contribution in [0.3, 0.4) is 0 Å². The van der Waals surface area contributed by atoms with E-state index in [0.717, 1.165) is 37.1 Å². The lowest BCUT2D eigenvalue weighted by molar-refractivity contribution is 0.546. The number of nitriles is 1. The van der Waals surface area contributed by atoms with Crippen LogP contribution in [0.1, 0.15) is 48.6 Å². The Balaban J connectivity index is 1.94. The van der Waals surface area contributed by atoms with Crippen LogP contribution in [0.2, 0.25) is 0 Å². The Kier molecular flexibility index (Phi) is 3.78. The van der Waals surface area contributed by atoms with E-state index in [2.05, 4.69) is 28.5 Å². The van der Waals surface area contributed by atoms with Crippen LogP contribution in [0.4, 0.5) is 0 Å². The van der Waals surface area contributed by atoms with Crippen molar-refractivity contribution >= 4 is 0 Å². The van der Waals surface area contributed by atoms with Crippen LogP contribution >= 0.6 is 0 Å². The summed E-state index contributed by atoms with van der Waals surface area (Å²) in [5.41, 5.74) is 3.25. The van der Waals surface area contributed by atoms with Gasteiger partial charge in [-0.3, -0.25) is 0 Å². The summed E-state index contributed by atoms with van der Waals surface area (Å²) in [6, 6.07) is 12.7. The summed E-state index contributed by atoms with van der Waals surface area (Å²) in [5, 5.41) is 18.0. The summed E-state index contributed by atoms with van der Waals surface area (Å²) in [6.07, 6.45) is 5.32.